The van der Waals surface area contributed by atoms with Crippen LogP contribution < -0.4 is 15.8 Å². The van der Waals surface area contributed by atoms with Crippen LogP contribution in [-0.4, -0.2) is 81.6 Å². The van der Waals surface area contributed by atoms with Crippen molar-refractivity contribution in [2.75, 3.05) is 32.5 Å². The molecule has 0 unspecified atom stereocenters. The Balaban J connectivity index is 1.30. The summed E-state index contributed by atoms with van der Waals surface area (Å²) in [4.78, 5) is 49.5. The lowest BCUT2D eigenvalue weighted by Crippen LogP contribution is -2.66. The van der Waals surface area contributed by atoms with Gasteiger partial charge in [-0.25, -0.2) is 14.2 Å². The second-order valence-corrected chi connectivity index (χ2v) is 12.5. The molecule has 2 aliphatic heterocycles. The molecule has 2 fully saturated rings. The molecule has 0 radical (unpaired) electrons. The van der Waals surface area contributed by atoms with Crippen LogP contribution in [0.25, 0.3) is 10.2 Å². The standard InChI is InChI=1S/C33H36FN7O4S/c1-3-15-39(33(44)36-17-22-7-11-24(34)12-8-22)40-20-29(42)41-26(16-21-9-13-25(45-2)14-10-21)31(43)38(19-28(40)41)18-23-5-4-6-27-30(23)37-32(35)46-27/h4-14,26,28H,3,15-20H2,1-2H3,(H2,35,37)(H,36,44)/t26-,28+/m0/s1. The molecule has 11 nitrogen and oxygen atoms in total. The first-order valence-electron chi connectivity index (χ1n) is 15.2. The number of fused-ring (bicyclic) bond motifs is 2. The highest BCUT2D eigenvalue weighted by molar-refractivity contribution is 7.22. The van der Waals surface area contributed by atoms with Crippen molar-refractivity contribution in [2.24, 2.45) is 0 Å². The number of rotatable bonds is 10. The summed E-state index contributed by atoms with van der Waals surface area (Å²) in [7, 11) is 1.59. The number of hydrogen-bond acceptors (Lipinski definition) is 8. The number of carbonyl (C=O) groups excluding carboxylic acids is 3. The first-order chi connectivity index (χ1) is 22.2. The molecule has 0 aliphatic carbocycles. The Morgan fingerprint density at radius 2 is 1.85 bits per heavy atom. The first kappa shape index (κ1) is 31.2. The fraction of sp³-hybridized carbons (Fsp3) is 0.333. The lowest BCUT2D eigenvalue weighted by molar-refractivity contribution is -0.157. The van der Waals surface area contributed by atoms with Gasteiger partial charge in [-0.1, -0.05) is 54.7 Å². The molecule has 3 heterocycles. The number of hydrogen-bond donors (Lipinski definition) is 2. The van der Waals surface area contributed by atoms with Crippen molar-refractivity contribution in [1.82, 2.24) is 30.1 Å². The van der Waals surface area contributed by atoms with Gasteiger partial charge in [-0.3, -0.25) is 14.6 Å². The van der Waals surface area contributed by atoms with Gasteiger partial charge in [0, 0.05) is 26.1 Å². The number of methoxy groups -OCH3 is 1. The Labute approximate surface area is 270 Å². The average molecular weight is 646 g/mol. The maximum absolute atomic E-state index is 14.2. The van der Waals surface area contributed by atoms with E-state index in [1.165, 1.54) is 23.5 Å². The number of nitrogens with zero attached hydrogens (tertiary/aromatic N) is 5. The van der Waals surface area contributed by atoms with Gasteiger partial charge in [0.2, 0.25) is 11.8 Å². The van der Waals surface area contributed by atoms with Crippen molar-refractivity contribution in [3.05, 3.63) is 89.2 Å². The van der Waals surface area contributed by atoms with Crippen molar-refractivity contribution in [3.63, 3.8) is 0 Å². The molecule has 4 amide bonds. The molecule has 6 rings (SSSR count). The topological polar surface area (TPSA) is 124 Å². The molecular weight excluding hydrogens is 609 g/mol. The minimum absolute atomic E-state index is 0.0485. The van der Waals surface area contributed by atoms with E-state index in [0.29, 0.717) is 30.3 Å². The minimum Gasteiger partial charge on any atom is -0.497 e. The molecule has 2 atom stereocenters. The molecule has 240 valence electrons. The third kappa shape index (κ3) is 6.33. The second kappa shape index (κ2) is 13.3. The molecule has 0 bridgehead atoms. The summed E-state index contributed by atoms with van der Waals surface area (Å²) in [6, 6.07) is 18.0. The summed E-state index contributed by atoms with van der Waals surface area (Å²) >= 11 is 1.39. The van der Waals surface area contributed by atoms with Crippen LogP contribution in [0.1, 0.15) is 30.0 Å². The van der Waals surface area contributed by atoms with E-state index in [9.17, 15) is 18.8 Å². The number of aromatic nitrogens is 1. The highest BCUT2D eigenvalue weighted by Gasteiger charge is 2.52. The number of hydrazine groups is 1. The lowest BCUT2D eigenvalue weighted by Gasteiger charge is -2.46. The maximum atomic E-state index is 14.2. The number of nitrogen functional groups attached to an aromatic ring is 1. The van der Waals surface area contributed by atoms with Gasteiger partial charge in [-0.15, -0.1) is 0 Å². The van der Waals surface area contributed by atoms with Gasteiger partial charge in [0.1, 0.15) is 23.8 Å². The monoisotopic (exact) mass is 645 g/mol. The molecule has 13 heteroatoms. The normalized spacial score (nSPS) is 18.2. The average Bonchev–Trinajstić information content (AvgIpc) is 3.60. The van der Waals surface area contributed by atoms with E-state index in [2.05, 4.69) is 10.3 Å². The Hall–Kier alpha value is -4.75. The zero-order valence-electron chi connectivity index (χ0n) is 25.7. The molecule has 3 aromatic carbocycles. The summed E-state index contributed by atoms with van der Waals surface area (Å²) in [6.45, 7) is 2.94. The van der Waals surface area contributed by atoms with Crippen LogP contribution in [0, 0.1) is 5.82 Å². The van der Waals surface area contributed by atoms with Crippen molar-refractivity contribution >= 4 is 44.5 Å². The van der Waals surface area contributed by atoms with E-state index in [1.54, 1.807) is 39.1 Å². The zero-order valence-corrected chi connectivity index (χ0v) is 26.5. The minimum atomic E-state index is -0.782. The number of piperazine rings is 1. The van der Waals surface area contributed by atoms with Gasteiger partial charge in [0.15, 0.2) is 5.13 Å². The molecule has 0 spiro atoms. The van der Waals surface area contributed by atoms with Gasteiger partial charge in [-0.05, 0) is 53.4 Å². The smallest absolute Gasteiger partial charge is 0.332 e. The Bertz CT molecular complexity index is 1730. The SMILES string of the molecule is CCCN(C(=O)NCc1ccc(F)cc1)N1CC(=O)N2[C@@H](Cc3ccc(OC)cc3)C(=O)N(Cc3cccc4sc(N)nc34)C[C@@H]21. The number of thiazole rings is 1. The number of ether oxygens (including phenoxy) is 1. The number of amides is 4. The van der Waals surface area contributed by atoms with Crippen molar-refractivity contribution in [2.45, 2.75) is 45.1 Å². The molecule has 2 aliphatic rings. The number of para-hydroxylation sites is 1. The fourth-order valence-electron chi connectivity index (χ4n) is 6.16. The predicted molar refractivity (Wildman–Crippen MR) is 173 cm³/mol. The van der Waals surface area contributed by atoms with Gasteiger partial charge in [0.05, 0.1) is 30.4 Å². The van der Waals surface area contributed by atoms with E-state index < -0.39 is 12.2 Å². The maximum Gasteiger partial charge on any atom is 0.332 e. The molecule has 1 aromatic heterocycles. The van der Waals surface area contributed by atoms with Crippen LogP contribution in [0.2, 0.25) is 0 Å². The summed E-state index contributed by atoms with van der Waals surface area (Å²) in [5, 5.41) is 6.70. The van der Waals surface area contributed by atoms with Crippen LogP contribution in [-0.2, 0) is 29.1 Å². The summed E-state index contributed by atoms with van der Waals surface area (Å²) in [5.74, 6) is -0.0591. The Kier molecular flexibility index (Phi) is 9.04. The van der Waals surface area contributed by atoms with E-state index in [0.717, 1.165) is 26.9 Å². The van der Waals surface area contributed by atoms with Crippen LogP contribution in [0.5, 0.6) is 5.75 Å². The number of carbonyl (C=O) groups is 3. The fourth-order valence-corrected chi connectivity index (χ4v) is 6.94. The second-order valence-electron chi connectivity index (χ2n) is 11.4. The summed E-state index contributed by atoms with van der Waals surface area (Å²) in [6.07, 6.45) is 0.372. The highest BCUT2D eigenvalue weighted by atomic mass is 32.1. The predicted octanol–water partition coefficient (Wildman–Crippen LogP) is 3.99. The number of halogens is 1. The molecule has 0 saturated carbocycles. The number of urea groups is 1. The Morgan fingerprint density at radius 3 is 2.57 bits per heavy atom. The number of nitrogens with two attached hydrogens (primary N) is 1. The van der Waals surface area contributed by atoms with Gasteiger partial charge < -0.3 is 25.6 Å². The third-order valence-corrected chi connectivity index (χ3v) is 9.22. The quantitative estimate of drug-likeness (QED) is 0.267. The van der Waals surface area contributed by atoms with E-state index >= 15 is 0 Å². The van der Waals surface area contributed by atoms with Crippen molar-refractivity contribution in [1.29, 1.82) is 0 Å². The number of benzene rings is 3. The Morgan fingerprint density at radius 1 is 1.11 bits per heavy atom. The first-order valence-corrected chi connectivity index (χ1v) is 16.0. The number of anilines is 1. The third-order valence-electron chi connectivity index (χ3n) is 8.37. The molecule has 2 saturated heterocycles. The van der Waals surface area contributed by atoms with E-state index in [4.69, 9.17) is 10.5 Å². The van der Waals surface area contributed by atoms with Crippen LogP contribution in [0.4, 0.5) is 14.3 Å². The van der Waals surface area contributed by atoms with Gasteiger partial charge in [-0.2, -0.15) is 5.01 Å². The molecule has 3 N–H and O–H groups in total. The molecular formula is C33H36FN7O4S. The van der Waals surface area contributed by atoms with E-state index in [-0.39, 0.29) is 49.8 Å². The zero-order chi connectivity index (χ0) is 32.4. The van der Waals surface area contributed by atoms with E-state index in [1.807, 2.05) is 49.4 Å². The van der Waals surface area contributed by atoms with Gasteiger partial charge >= 0.3 is 6.03 Å². The summed E-state index contributed by atoms with van der Waals surface area (Å²) in [5.41, 5.74) is 9.25. The molecule has 4 aromatic rings. The number of nitrogens with one attached hydrogen (secondary N) is 1. The van der Waals surface area contributed by atoms with Crippen LogP contribution >= 0.6 is 11.3 Å². The lowest BCUT2D eigenvalue weighted by atomic mass is 9.99. The van der Waals surface area contributed by atoms with Crippen LogP contribution in [0.15, 0.2) is 66.7 Å². The van der Waals surface area contributed by atoms with Crippen LogP contribution in [0.3, 0.4) is 0 Å². The van der Waals surface area contributed by atoms with Crippen molar-refractivity contribution < 1.29 is 23.5 Å². The van der Waals surface area contributed by atoms with Crippen molar-refractivity contribution in [3.8, 4) is 5.75 Å². The highest BCUT2D eigenvalue weighted by Crippen LogP contribution is 2.32. The van der Waals surface area contributed by atoms with Gasteiger partial charge in [0.25, 0.3) is 0 Å². The summed E-state index contributed by atoms with van der Waals surface area (Å²) < 4.78 is 19.6. The molecule has 46 heavy (non-hydrogen) atoms. The largest absolute Gasteiger partial charge is 0.497 e.